The van der Waals surface area contributed by atoms with Crippen LogP contribution in [0.1, 0.15) is 139 Å². The summed E-state index contributed by atoms with van der Waals surface area (Å²) in [6, 6.07) is 15.0. The van der Waals surface area contributed by atoms with Crippen LogP contribution < -0.4 is 26.2 Å². The van der Waals surface area contributed by atoms with Crippen LogP contribution in [0.5, 0.6) is 11.5 Å². The van der Waals surface area contributed by atoms with Crippen molar-refractivity contribution in [2.75, 3.05) is 4.90 Å². The highest BCUT2D eigenvalue weighted by Crippen LogP contribution is 2.51. The summed E-state index contributed by atoms with van der Waals surface area (Å²) in [6.45, 7) is 27.4. The second kappa shape index (κ2) is 11.2. The summed E-state index contributed by atoms with van der Waals surface area (Å²) in [5.74, 6) is 0.149. The van der Waals surface area contributed by atoms with Crippen LogP contribution in [0.3, 0.4) is 0 Å². The Morgan fingerprint density at radius 2 is 1.31 bits per heavy atom. The van der Waals surface area contributed by atoms with Gasteiger partial charge in [-0.25, -0.2) is 0 Å². The maximum absolute atomic E-state index is 15.3. The molecule has 0 N–H and O–H groups in total. The second-order valence-corrected chi connectivity index (χ2v) is 20.3. The number of furan rings is 1. The molecule has 0 bridgehead atoms. The van der Waals surface area contributed by atoms with E-state index in [0.717, 1.165) is 40.6 Å². The molecule has 54 heavy (non-hydrogen) atoms. The molecule has 0 unspecified atom stereocenters. The van der Waals surface area contributed by atoms with E-state index < -0.39 is 30.5 Å². The lowest BCUT2D eigenvalue weighted by molar-refractivity contribution is -0.137. The Morgan fingerprint density at radius 1 is 0.722 bits per heavy atom. The average Bonchev–Trinajstić information content (AvgIpc) is 3.44. The summed E-state index contributed by atoms with van der Waals surface area (Å²) < 4.78 is 78.3. The van der Waals surface area contributed by atoms with Crippen molar-refractivity contribution in [1.29, 1.82) is 0 Å². The van der Waals surface area contributed by atoms with Crippen molar-refractivity contribution in [1.82, 2.24) is 0 Å². The van der Waals surface area contributed by atoms with Gasteiger partial charge < -0.3 is 14.1 Å². The smallest absolute Gasteiger partial charge is 0.416 e. The molecule has 0 saturated carbocycles. The number of fused-ring (bicyclic) bond motifs is 7. The number of benzene rings is 4. The largest absolute Gasteiger partial charge is 0.466 e. The summed E-state index contributed by atoms with van der Waals surface area (Å²) in [5.41, 5.74) is 6.52. The van der Waals surface area contributed by atoms with E-state index in [1.807, 2.05) is 23.1 Å². The summed E-state index contributed by atoms with van der Waals surface area (Å²) in [7, 11) is 0. The normalized spacial score (nSPS) is 18.0. The van der Waals surface area contributed by atoms with Gasteiger partial charge in [0.25, 0.3) is 0 Å². The van der Waals surface area contributed by atoms with Gasteiger partial charge in [-0.1, -0.05) is 114 Å². The van der Waals surface area contributed by atoms with Gasteiger partial charge in [0, 0.05) is 28.1 Å². The highest BCUT2D eigenvalue weighted by atomic mass is 19.4. The quantitative estimate of drug-likeness (QED) is 0.157. The van der Waals surface area contributed by atoms with E-state index in [1.54, 1.807) is 0 Å². The molecule has 3 aliphatic rings. The molecule has 3 heterocycles. The van der Waals surface area contributed by atoms with Crippen LogP contribution in [0.4, 0.5) is 30.2 Å². The Bertz CT molecular complexity index is 2460. The number of hydrogen-bond donors (Lipinski definition) is 0. The summed E-state index contributed by atoms with van der Waals surface area (Å²) in [5, 5.41) is 0.652. The van der Waals surface area contributed by atoms with Crippen molar-refractivity contribution in [3.63, 3.8) is 0 Å². The topological polar surface area (TPSA) is 25.6 Å². The molecule has 5 aromatic rings. The Balaban J connectivity index is 1.59. The molecule has 4 aromatic carbocycles. The number of anilines is 3. The van der Waals surface area contributed by atoms with Crippen LogP contribution in [0.2, 0.25) is 0 Å². The van der Waals surface area contributed by atoms with Crippen LogP contribution in [0, 0.1) is 0 Å². The molecule has 8 rings (SSSR count). The minimum atomic E-state index is -4.99. The van der Waals surface area contributed by atoms with Gasteiger partial charge in [0.15, 0.2) is 5.75 Å². The third kappa shape index (κ3) is 5.61. The SMILES string of the molecule is [2H]c1c2c3c(c([2H])c1C(F)(F)F)N(c1cc(C(C)(C)C)cc(C(C)(C)C)c1)c1cc4c(cc1B3c1oc3c(C(C)(C)C)cccc3c1O2)C(C)(C)CCC4(C)C. The highest BCUT2D eigenvalue weighted by molar-refractivity contribution is 6.98. The molecule has 0 amide bonds. The molecule has 3 nitrogen and oxygen atoms in total. The molecule has 0 atom stereocenters. The molecular weight excluding hydrogens is 678 g/mol. The summed E-state index contributed by atoms with van der Waals surface area (Å²) in [4.78, 5) is 1.88. The second-order valence-electron chi connectivity index (χ2n) is 20.3. The van der Waals surface area contributed by atoms with Crippen LogP contribution >= 0.6 is 0 Å². The van der Waals surface area contributed by atoms with E-state index in [0.29, 0.717) is 39.2 Å². The summed E-state index contributed by atoms with van der Waals surface area (Å²) in [6.07, 6.45) is -3.07. The molecular formula is C47H53BF3NO2. The molecule has 0 spiro atoms. The van der Waals surface area contributed by atoms with E-state index in [1.165, 1.54) is 5.56 Å². The first kappa shape index (κ1) is 34.4. The van der Waals surface area contributed by atoms with Gasteiger partial charge in [0.2, 0.25) is 0 Å². The van der Waals surface area contributed by atoms with Gasteiger partial charge >= 0.3 is 12.9 Å². The lowest BCUT2D eigenvalue weighted by atomic mass is 9.35. The number of halogens is 3. The molecule has 0 radical (unpaired) electrons. The monoisotopic (exact) mass is 733 g/mol. The van der Waals surface area contributed by atoms with Gasteiger partial charge in [-0.3, -0.25) is 0 Å². The first-order valence-corrected chi connectivity index (χ1v) is 19.3. The Kier molecular flexibility index (Phi) is 7.15. The maximum atomic E-state index is 15.3. The molecule has 0 saturated heterocycles. The molecule has 2 aliphatic heterocycles. The predicted octanol–water partition coefficient (Wildman–Crippen LogP) is 12.1. The zero-order valence-electron chi connectivity index (χ0n) is 36.0. The lowest BCUT2D eigenvalue weighted by Gasteiger charge is -2.45. The van der Waals surface area contributed by atoms with Crippen molar-refractivity contribution in [3.05, 3.63) is 94.0 Å². The van der Waals surface area contributed by atoms with Gasteiger partial charge in [-0.05, 0) is 104 Å². The Morgan fingerprint density at radius 3 is 1.87 bits per heavy atom. The van der Waals surface area contributed by atoms with E-state index >= 15 is 13.2 Å². The van der Waals surface area contributed by atoms with Crippen molar-refractivity contribution < 1.29 is 25.1 Å². The minimum Gasteiger partial charge on any atom is -0.466 e. The number of nitrogens with zero attached hydrogens (tertiary/aromatic N) is 1. The van der Waals surface area contributed by atoms with Crippen LogP contribution in [-0.4, -0.2) is 6.71 Å². The van der Waals surface area contributed by atoms with E-state index in [-0.39, 0.29) is 38.5 Å². The molecule has 282 valence electrons. The van der Waals surface area contributed by atoms with Crippen molar-refractivity contribution in [3.8, 4) is 11.5 Å². The first-order chi connectivity index (χ1) is 25.6. The van der Waals surface area contributed by atoms with E-state index in [9.17, 15) is 2.74 Å². The zero-order valence-corrected chi connectivity index (χ0v) is 34.0. The fourth-order valence-corrected chi connectivity index (χ4v) is 8.74. The first-order valence-electron chi connectivity index (χ1n) is 20.3. The molecule has 1 aliphatic carbocycles. The number of ether oxygens (including phenoxy) is 1. The number of para-hydroxylation sites is 1. The molecule has 7 heteroatoms. The van der Waals surface area contributed by atoms with Gasteiger partial charge in [-0.15, -0.1) is 0 Å². The zero-order chi connectivity index (χ0) is 41.0. The van der Waals surface area contributed by atoms with Crippen molar-refractivity contribution in [2.45, 2.75) is 136 Å². The van der Waals surface area contributed by atoms with Crippen molar-refractivity contribution >= 4 is 51.3 Å². The summed E-state index contributed by atoms with van der Waals surface area (Å²) >= 11 is 0. The maximum Gasteiger partial charge on any atom is 0.416 e. The molecule has 0 fully saturated rings. The number of hydrogen-bond acceptors (Lipinski definition) is 3. The highest BCUT2D eigenvalue weighted by Gasteiger charge is 2.49. The minimum absolute atomic E-state index is 0.0710. The van der Waals surface area contributed by atoms with Gasteiger partial charge in [-0.2, -0.15) is 13.2 Å². The Labute approximate surface area is 322 Å². The van der Waals surface area contributed by atoms with Crippen LogP contribution in [-0.2, 0) is 33.3 Å². The molecule has 1 aromatic heterocycles. The Hall–Kier alpha value is -4.13. The van der Waals surface area contributed by atoms with Crippen LogP contribution in [0.15, 0.2) is 65.0 Å². The third-order valence-electron chi connectivity index (χ3n) is 12.2. The third-order valence-corrected chi connectivity index (χ3v) is 12.2. The van der Waals surface area contributed by atoms with Gasteiger partial charge in [0.05, 0.1) is 13.7 Å². The predicted molar refractivity (Wildman–Crippen MR) is 218 cm³/mol. The fourth-order valence-electron chi connectivity index (χ4n) is 8.74. The number of alkyl halides is 3. The average molecular weight is 734 g/mol. The fraction of sp³-hybridized carbons (Fsp3) is 0.447. The van der Waals surface area contributed by atoms with Gasteiger partial charge in [0.1, 0.15) is 17.0 Å². The van der Waals surface area contributed by atoms with Crippen LogP contribution in [0.25, 0.3) is 11.0 Å². The van der Waals surface area contributed by atoms with E-state index in [2.05, 4.69) is 120 Å². The number of rotatable bonds is 1. The van der Waals surface area contributed by atoms with E-state index in [4.69, 9.17) is 9.15 Å². The van der Waals surface area contributed by atoms with Crippen molar-refractivity contribution in [2.24, 2.45) is 0 Å². The lowest BCUT2D eigenvalue weighted by Crippen LogP contribution is -2.59. The standard InChI is InChI=1S/C47H53BF3NO2/c1-42(2,3)26-19-27(43(4,5)6)21-29(20-26)52-35-25-33-32(45(10,11)17-18-46(33,12)13)24-34(35)48-38-36(52)22-28(47(49,50)51)23-37(38)53-40-30-15-14-16-31(44(7,8)9)39(30)54-41(40)48/h14-16,19-25H,17-18H2,1-13H3/i22D,23D.